The summed E-state index contributed by atoms with van der Waals surface area (Å²) < 4.78 is 16.2. The van der Waals surface area contributed by atoms with Crippen LogP contribution in [0.2, 0.25) is 0 Å². The van der Waals surface area contributed by atoms with Crippen LogP contribution in [0.15, 0.2) is 18.2 Å². The molecule has 1 aromatic carbocycles. The number of carbonyl (C=O) groups excluding carboxylic acids is 1. The van der Waals surface area contributed by atoms with Gasteiger partial charge in [-0.1, -0.05) is 6.07 Å². The highest BCUT2D eigenvalue weighted by molar-refractivity contribution is 5.70. The molecule has 0 saturated carbocycles. The van der Waals surface area contributed by atoms with Gasteiger partial charge < -0.3 is 19.3 Å². The molecule has 0 spiro atoms. The molecule has 0 aliphatic rings. The van der Waals surface area contributed by atoms with E-state index < -0.39 is 0 Å². The standard InChI is InChI=1S/C17H26O5/c1-5-21-17(19)11-16(22-12(2)3)13-6-7-15(20-4)14(10-13)8-9-18/h6-7,10,12,16,18H,5,8-9,11H2,1-4H3/t16-/m0/s1. The second kappa shape index (κ2) is 9.43. The van der Waals surface area contributed by atoms with Gasteiger partial charge in [0.25, 0.3) is 0 Å². The van der Waals surface area contributed by atoms with Gasteiger partial charge in [-0.05, 0) is 50.5 Å². The number of aliphatic hydroxyl groups excluding tert-OH is 1. The van der Waals surface area contributed by atoms with Crippen molar-refractivity contribution in [3.63, 3.8) is 0 Å². The summed E-state index contributed by atoms with van der Waals surface area (Å²) in [4.78, 5) is 11.8. The van der Waals surface area contributed by atoms with E-state index >= 15 is 0 Å². The fraction of sp³-hybridized carbons (Fsp3) is 0.588. The molecule has 1 atom stereocenters. The lowest BCUT2D eigenvalue weighted by Crippen LogP contribution is -2.17. The Labute approximate surface area is 132 Å². The zero-order chi connectivity index (χ0) is 16.5. The maximum Gasteiger partial charge on any atom is 0.308 e. The van der Waals surface area contributed by atoms with Crippen LogP contribution in [-0.2, 0) is 20.7 Å². The highest BCUT2D eigenvalue weighted by Gasteiger charge is 2.20. The van der Waals surface area contributed by atoms with Gasteiger partial charge in [-0.15, -0.1) is 0 Å². The Morgan fingerprint density at radius 3 is 2.59 bits per heavy atom. The van der Waals surface area contributed by atoms with Crippen molar-refractivity contribution in [2.75, 3.05) is 20.3 Å². The molecule has 5 nitrogen and oxygen atoms in total. The van der Waals surface area contributed by atoms with Crippen molar-refractivity contribution in [2.45, 2.75) is 45.8 Å². The van der Waals surface area contributed by atoms with Crippen LogP contribution in [0.25, 0.3) is 0 Å². The predicted molar refractivity (Wildman–Crippen MR) is 84.0 cm³/mol. The van der Waals surface area contributed by atoms with Gasteiger partial charge in [-0.2, -0.15) is 0 Å². The van der Waals surface area contributed by atoms with Gasteiger partial charge in [0.05, 0.1) is 32.3 Å². The van der Waals surface area contributed by atoms with Crippen LogP contribution in [0.4, 0.5) is 0 Å². The van der Waals surface area contributed by atoms with Crippen molar-refractivity contribution in [2.24, 2.45) is 0 Å². The van der Waals surface area contributed by atoms with Crippen molar-refractivity contribution in [3.05, 3.63) is 29.3 Å². The molecule has 1 rings (SSSR count). The number of methoxy groups -OCH3 is 1. The molecule has 1 aromatic rings. The van der Waals surface area contributed by atoms with E-state index in [1.165, 1.54) is 0 Å². The van der Waals surface area contributed by atoms with Crippen LogP contribution < -0.4 is 4.74 Å². The molecule has 0 radical (unpaired) electrons. The second-order valence-electron chi connectivity index (χ2n) is 5.23. The molecule has 1 N–H and O–H groups in total. The smallest absolute Gasteiger partial charge is 0.308 e. The lowest BCUT2D eigenvalue weighted by Gasteiger charge is -2.21. The molecule has 0 amide bonds. The summed E-state index contributed by atoms with van der Waals surface area (Å²) in [6.07, 6.45) is 0.270. The number of rotatable bonds is 9. The summed E-state index contributed by atoms with van der Waals surface area (Å²) in [7, 11) is 1.59. The van der Waals surface area contributed by atoms with Gasteiger partial charge in [-0.3, -0.25) is 4.79 Å². The zero-order valence-corrected chi connectivity index (χ0v) is 13.8. The van der Waals surface area contributed by atoms with Crippen LogP contribution in [0.5, 0.6) is 5.75 Å². The summed E-state index contributed by atoms with van der Waals surface area (Å²) in [6, 6.07) is 5.63. The largest absolute Gasteiger partial charge is 0.496 e. The van der Waals surface area contributed by atoms with E-state index in [2.05, 4.69) is 0 Å². The molecule has 0 fully saturated rings. The van der Waals surface area contributed by atoms with Crippen LogP contribution >= 0.6 is 0 Å². The number of hydrogen-bond donors (Lipinski definition) is 1. The quantitative estimate of drug-likeness (QED) is 0.710. The van der Waals surface area contributed by atoms with E-state index in [-0.39, 0.29) is 31.2 Å². The van der Waals surface area contributed by atoms with Gasteiger partial charge in [-0.25, -0.2) is 0 Å². The van der Waals surface area contributed by atoms with Crippen molar-refractivity contribution in [3.8, 4) is 5.75 Å². The maximum absolute atomic E-state index is 11.8. The third kappa shape index (κ3) is 5.66. The summed E-state index contributed by atoms with van der Waals surface area (Å²) in [6.45, 7) is 6.02. The summed E-state index contributed by atoms with van der Waals surface area (Å²) in [5.41, 5.74) is 1.77. The molecular weight excluding hydrogens is 284 g/mol. The van der Waals surface area contributed by atoms with Crippen molar-refractivity contribution < 1.29 is 24.1 Å². The van der Waals surface area contributed by atoms with E-state index in [1.54, 1.807) is 14.0 Å². The lowest BCUT2D eigenvalue weighted by atomic mass is 10.0. The minimum absolute atomic E-state index is 0.0113. The SMILES string of the molecule is CCOC(=O)C[C@H](OC(C)C)c1ccc(OC)c(CCO)c1. The predicted octanol–water partition coefficient (Wildman–Crippen LogP) is 2.65. The first-order valence-corrected chi connectivity index (χ1v) is 7.60. The summed E-state index contributed by atoms with van der Waals surface area (Å²) in [5.74, 6) is 0.435. The van der Waals surface area contributed by atoms with Gasteiger partial charge in [0.15, 0.2) is 0 Å². The highest BCUT2D eigenvalue weighted by atomic mass is 16.5. The minimum Gasteiger partial charge on any atom is -0.496 e. The van der Waals surface area contributed by atoms with Crippen molar-refractivity contribution in [1.29, 1.82) is 0 Å². The molecule has 0 bridgehead atoms. The lowest BCUT2D eigenvalue weighted by molar-refractivity contribution is -0.147. The maximum atomic E-state index is 11.8. The number of ether oxygens (including phenoxy) is 3. The molecule has 5 heteroatoms. The van der Waals surface area contributed by atoms with E-state index in [0.717, 1.165) is 16.9 Å². The molecule has 22 heavy (non-hydrogen) atoms. The van der Waals surface area contributed by atoms with Gasteiger partial charge in [0, 0.05) is 6.61 Å². The number of esters is 1. The van der Waals surface area contributed by atoms with Crippen LogP contribution in [0.3, 0.4) is 0 Å². The first-order valence-electron chi connectivity index (χ1n) is 7.60. The van der Waals surface area contributed by atoms with Gasteiger partial charge >= 0.3 is 5.97 Å². The first kappa shape index (κ1) is 18.5. The van der Waals surface area contributed by atoms with Crippen LogP contribution in [0.1, 0.15) is 44.4 Å². The van der Waals surface area contributed by atoms with E-state index in [0.29, 0.717) is 13.0 Å². The monoisotopic (exact) mass is 310 g/mol. The van der Waals surface area contributed by atoms with E-state index in [4.69, 9.17) is 19.3 Å². The Kier molecular flexibility index (Phi) is 7.91. The summed E-state index contributed by atoms with van der Waals surface area (Å²) in [5, 5.41) is 9.17. The average Bonchev–Trinajstić information content (AvgIpc) is 2.46. The number of carbonyl (C=O) groups is 1. The average molecular weight is 310 g/mol. The Hall–Kier alpha value is -1.59. The minimum atomic E-state index is -0.373. The van der Waals surface area contributed by atoms with Crippen LogP contribution in [-0.4, -0.2) is 37.5 Å². The third-order valence-corrected chi connectivity index (χ3v) is 3.15. The van der Waals surface area contributed by atoms with Gasteiger partial charge in [0.2, 0.25) is 0 Å². The number of benzene rings is 1. The second-order valence-corrected chi connectivity index (χ2v) is 5.23. The molecule has 0 aliphatic carbocycles. The van der Waals surface area contributed by atoms with Gasteiger partial charge in [0.1, 0.15) is 5.75 Å². The summed E-state index contributed by atoms with van der Waals surface area (Å²) >= 11 is 0. The zero-order valence-electron chi connectivity index (χ0n) is 13.8. The third-order valence-electron chi connectivity index (χ3n) is 3.15. The molecule has 0 aliphatic heterocycles. The normalized spacial score (nSPS) is 12.3. The Bertz CT molecular complexity index is 470. The molecule has 124 valence electrons. The van der Waals surface area contributed by atoms with E-state index in [9.17, 15) is 4.79 Å². The fourth-order valence-corrected chi connectivity index (χ4v) is 2.26. The molecule has 0 aromatic heterocycles. The highest BCUT2D eigenvalue weighted by Crippen LogP contribution is 2.28. The van der Waals surface area contributed by atoms with Crippen LogP contribution in [0, 0.1) is 0 Å². The fourth-order valence-electron chi connectivity index (χ4n) is 2.26. The molecular formula is C17H26O5. The number of aliphatic hydroxyl groups is 1. The Morgan fingerprint density at radius 1 is 1.32 bits per heavy atom. The molecule has 0 unspecified atom stereocenters. The topological polar surface area (TPSA) is 65.0 Å². The van der Waals surface area contributed by atoms with Crippen molar-refractivity contribution in [1.82, 2.24) is 0 Å². The number of hydrogen-bond acceptors (Lipinski definition) is 5. The Balaban J connectivity index is 3.01. The van der Waals surface area contributed by atoms with Crippen molar-refractivity contribution >= 4 is 5.97 Å². The first-order chi connectivity index (χ1) is 10.5. The van der Waals surface area contributed by atoms with E-state index in [1.807, 2.05) is 32.0 Å². The Morgan fingerprint density at radius 2 is 2.05 bits per heavy atom. The molecule has 0 saturated heterocycles. The molecule has 0 heterocycles.